The molecule has 1 fully saturated rings. The summed E-state index contributed by atoms with van der Waals surface area (Å²) in [6, 6.07) is 8.59. The number of aromatic carboxylic acids is 1. The Bertz CT molecular complexity index is 979. The first-order chi connectivity index (χ1) is 12.7. The second kappa shape index (κ2) is 7.42. The number of rotatable bonds is 5. The molecule has 1 heterocycles. The first kappa shape index (κ1) is 19.5. The summed E-state index contributed by atoms with van der Waals surface area (Å²) >= 11 is 0. The number of nitrogens with zero attached hydrogens (tertiary/aromatic N) is 1. The van der Waals surface area contributed by atoms with Crippen molar-refractivity contribution >= 4 is 22.9 Å². The van der Waals surface area contributed by atoms with E-state index in [1.807, 2.05) is 4.81 Å². The van der Waals surface area contributed by atoms with Crippen molar-refractivity contribution in [2.75, 3.05) is 13.1 Å². The van der Waals surface area contributed by atoms with Crippen molar-refractivity contribution in [3.63, 3.8) is 0 Å². The van der Waals surface area contributed by atoms with E-state index in [2.05, 4.69) is 0 Å². The first-order valence-electron chi connectivity index (χ1n) is 8.50. The van der Waals surface area contributed by atoms with Gasteiger partial charge in [0.1, 0.15) is 5.82 Å². The van der Waals surface area contributed by atoms with Crippen molar-refractivity contribution in [2.45, 2.75) is 29.0 Å². The fourth-order valence-corrected chi connectivity index (χ4v) is 4.71. The molecule has 0 aliphatic carbocycles. The molecule has 142 valence electrons. The van der Waals surface area contributed by atoms with Crippen LogP contribution in [0.5, 0.6) is 0 Å². The van der Waals surface area contributed by atoms with Crippen molar-refractivity contribution in [3.05, 3.63) is 59.4 Å². The second-order valence-electron chi connectivity index (χ2n) is 6.63. The first-order valence-corrected chi connectivity index (χ1v) is 9.98. The molecule has 1 atom stereocenters. The van der Waals surface area contributed by atoms with Gasteiger partial charge in [0.25, 0.3) is 0 Å². The summed E-state index contributed by atoms with van der Waals surface area (Å²) in [6.07, 6.45) is 0.668. The lowest BCUT2D eigenvalue weighted by Crippen LogP contribution is -2.34. The number of hydrogen-bond donors (Lipinski definition) is 2. The molecule has 0 amide bonds. The molecule has 9 heteroatoms. The molecule has 2 N–H and O–H groups in total. The minimum Gasteiger partial charge on any atom is -0.478 e. The van der Waals surface area contributed by atoms with Gasteiger partial charge < -0.3 is 14.9 Å². The van der Waals surface area contributed by atoms with Crippen LogP contribution in [0.3, 0.4) is 0 Å². The Hall–Kier alpha value is -2.23. The van der Waals surface area contributed by atoms with Crippen LogP contribution in [0.4, 0.5) is 4.39 Å². The van der Waals surface area contributed by atoms with Crippen LogP contribution in [0, 0.1) is 5.82 Å². The highest BCUT2D eigenvalue weighted by molar-refractivity contribution is 7.91. The zero-order valence-corrected chi connectivity index (χ0v) is 15.5. The molecular formula is C18H19BFNO5S. The Kier molecular flexibility index (Phi) is 5.37. The summed E-state index contributed by atoms with van der Waals surface area (Å²) < 4.78 is 38.9. The Morgan fingerprint density at radius 1 is 1.22 bits per heavy atom. The number of carbonyl (C=O) groups is 1. The fraction of sp³-hybridized carbons (Fsp3) is 0.278. The predicted octanol–water partition coefficient (Wildman–Crippen LogP) is 2.26. The van der Waals surface area contributed by atoms with Gasteiger partial charge in [-0.15, -0.1) is 0 Å². The van der Waals surface area contributed by atoms with E-state index < -0.39 is 28.7 Å². The van der Waals surface area contributed by atoms with E-state index in [4.69, 9.17) is 0 Å². The zero-order chi connectivity index (χ0) is 19.8. The molecule has 0 spiro atoms. The van der Waals surface area contributed by atoms with Crippen LogP contribution in [0.15, 0.2) is 52.3 Å². The maximum Gasteiger partial charge on any atom is 0.376 e. The molecule has 6 nitrogen and oxygen atoms in total. The lowest BCUT2D eigenvalue weighted by atomic mass is 9.85. The highest BCUT2D eigenvalue weighted by Crippen LogP contribution is 2.32. The lowest BCUT2D eigenvalue weighted by Gasteiger charge is -2.18. The number of halogens is 1. The summed E-state index contributed by atoms with van der Waals surface area (Å²) in [5.41, 5.74) is 0.439. The van der Waals surface area contributed by atoms with E-state index >= 15 is 0 Å². The number of sulfone groups is 1. The molecular weight excluding hydrogens is 372 g/mol. The Morgan fingerprint density at radius 2 is 1.93 bits per heavy atom. The van der Waals surface area contributed by atoms with Crippen molar-refractivity contribution in [3.8, 4) is 0 Å². The third-order valence-corrected chi connectivity index (χ3v) is 6.61. The van der Waals surface area contributed by atoms with Crippen LogP contribution < -0.4 is 0 Å². The predicted molar refractivity (Wildman–Crippen MR) is 98.0 cm³/mol. The quantitative estimate of drug-likeness (QED) is 0.760. The van der Waals surface area contributed by atoms with Gasteiger partial charge >= 0.3 is 13.0 Å². The summed E-state index contributed by atoms with van der Waals surface area (Å²) in [4.78, 5) is 13.1. The van der Waals surface area contributed by atoms with Crippen molar-refractivity contribution < 1.29 is 27.7 Å². The van der Waals surface area contributed by atoms with Crippen LogP contribution >= 0.6 is 0 Å². The van der Waals surface area contributed by atoms with E-state index in [-0.39, 0.29) is 21.3 Å². The number of hydrogen-bond acceptors (Lipinski definition) is 5. The van der Waals surface area contributed by atoms with Crippen molar-refractivity contribution in [2.24, 2.45) is 0 Å². The van der Waals surface area contributed by atoms with Gasteiger partial charge in [-0.3, -0.25) is 0 Å². The topological polar surface area (TPSA) is 94.9 Å². The highest BCUT2D eigenvalue weighted by atomic mass is 32.2. The van der Waals surface area contributed by atoms with Gasteiger partial charge in [0.2, 0.25) is 9.84 Å². The molecule has 1 saturated heterocycles. The third-order valence-electron chi connectivity index (χ3n) is 4.86. The normalized spacial score (nSPS) is 17.8. The van der Waals surface area contributed by atoms with Crippen LogP contribution in [0.25, 0.3) is 0 Å². The molecule has 0 bridgehead atoms. The number of carboxylic acids is 1. The molecule has 27 heavy (non-hydrogen) atoms. The second-order valence-corrected chi connectivity index (χ2v) is 8.58. The standard InChI is InChI=1S/C18H19BFNO5S/c1-19(24)21-8-7-12(11-21)16-6-5-15(10-17(16)18(22)23)27(25,26)14-4-2-3-13(20)9-14/h2-6,9-10,12,24H,7-8,11H2,1H3,(H,22,23). The Morgan fingerprint density at radius 3 is 2.52 bits per heavy atom. The van der Waals surface area contributed by atoms with E-state index in [0.29, 0.717) is 25.1 Å². The highest BCUT2D eigenvalue weighted by Gasteiger charge is 2.31. The minimum atomic E-state index is -4.04. The number of carboxylic acid groups (broad SMARTS) is 1. The Labute approximate surface area is 157 Å². The Balaban J connectivity index is 2.01. The van der Waals surface area contributed by atoms with Crippen LogP contribution in [-0.4, -0.2) is 49.5 Å². The average Bonchev–Trinajstić information content (AvgIpc) is 3.11. The lowest BCUT2D eigenvalue weighted by molar-refractivity contribution is 0.0695. The maximum absolute atomic E-state index is 13.4. The van der Waals surface area contributed by atoms with Gasteiger partial charge in [0.05, 0.1) is 15.4 Å². The summed E-state index contributed by atoms with van der Waals surface area (Å²) in [5, 5.41) is 19.3. The molecule has 1 aliphatic heterocycles. The van der Waals surface area contributed by atoms with Gasteiger partial charge in [-0.1, -0.05) is 12.1 Å². The van der Waals surface area contributed by atoms with Gasteiger partial charge in [0, 0.05) is 0 Å². The smallest absolute Gasteiger partial charge is 0.376 e. The molecule has 1 aliphatic rings. The zero-order valence-electron chi connectivity index (χ0n) is 14.7. The molecule has 2 aromatic rings. The van der Waals surface area contributed by atoms with Gasteiger partial charge in [0.15, 0.2) is 0 Å². The van der Waals surface area contributed by atoms with Crippen LogP contribution in [-0.2, 0) is 9.84 Å². The number of benzene rings is 2. The molecule has 0 radical (unpaired) electrons. The summed E-state index contributed by atoms with van der Waals surface area (Å²) in [7, 11) is -4.66. The van der Waals surface area contributed by atoms with E-state index in [0.717, 1.165) is 18.2 Å². The van der Waals surface area contributed by atoms with Gasteiger partial charge in [-0.05, 0) is 68.1 Å². The van der Waals surface area contributed by atoms with Gasteiger partial charge in [-0.2, -0.15) is 0 Å². The summed E-state index contributed by atoms with van der Waals surface area (Å²) in [6.45, 7) is 2.77. The third kappa shape index (κ3) is 3.90. The minimum absolute atomic E-state index is 0.0927. The molecule has 2 aromatic carbocycles. The molecule has 0 saturated carbocycles. The fourth-order valence-electron chi connectivity index (χ4n) is 3.39. The van der Waals surface area contributed by atoms with E-state index in [9.17, 15) is 27.7 Å². The largest absolute Gasteiger partial charge is 0.478 e. The molecule has 0 aromatic heterocycles. The average molecular weight is 391 g/mol. The van der Waals surface area contributed by atoms with Crippen LogP contribution in [0.1, 0.15) is 28.3 Å². The van der Waals surface area contributed by atoms with Gasteiger partial charge in [-0.25, -0.2) is 17.6 Å². The SMILES string of the molecule is CB(O)N1CCC(c2ccc(S(=O)(=O)c3cccc(F)c3)cc2C(=O)O)C1. The monoisotopic (exact) mass is 391 g/mol. The van der Waals surface area contributed by atoms with Crippen molar-refractivity contribution in [1.82, 2.24) is 4.81 Å². The van der Waals surface area contributed by atoms with Crippen molar-refractivity contribution in [1.29, 1.82) is 0 Å². The molecule has 3 rings (SSSR count). The van der Waals surface area contributed by atoms with E-state index in [1.165, 1.54) is 24.3 Å². The maximum atomic E-state index is 13.4. The van der Waals surface area contributed by atoms with Crippen LogP contribution in [0.2, 0.25) is 6.82 Å². The summed E-state index contributed by atoms with van der Waals surface area (Å²) in [5.74, 6) is -2.02. The van der Waals surface area contributed by atoms with E-state index in [1.54, 1.807) is 6.82 Å². The molecule has 1 unspecified atom stereocenters.